The first-order chi connectivity index (χ1) is 10.5. The van der Waals surface area contributed by atoms with Crippen molar-refractivity contribution < 1.29 is 0 Å². The van der Waals surface area contributed by atoms with Gasteiger partial charge in [-0.1, -0.05) is 38.1 Å². The highest BCUT2D eigenvalue weighted by atomic mass is 127. The molecule has 0 heterocycles. The number of nitrogens with one attached hydrogen (secondary N) is 2. The van der Waals surface area contributed by atoms with Crippen LogP contribution in [0.1, 0.15) is 37.8 Å². The van der Waals surface area contributed by atoms with Crippen molar-refractivity contribution in [1.29, 1.82) is 0 Å². The molecule has 0 aliphatic rings. The molecule has 0 aliphatic carbocycles. The van der Waals surface area contributed by atoms with Crippen LogP contribution < -0.4 is 10.6 Å². The van der Waals surface area contributed by atoms with Gasteiger partial charge in [0.2, 0.25) is 0 Å². The number of hydrogen-bond acceptors (Lipinski definition) is 2. The van der Waals surface area contributed by atoms with E-state index in [1.807, 2.05) is 7.05 Å². The Morgan fingerprint density at radius 1 is 1.09 bits per heavy atom. The van der Waals surface area contributed by atoms with Crippen molar-refractivity contribution in [3.63, 3.8) is 0 Å². The fourth-order valence-corrected chi connectivity index (χ4v) is 2.25. The Bertz CT molecular complexity index is 441. The molecule has 1 aromatic carbocycles. The van der Waals surface area contributed by atoms with Crippen LogP contribution in [0.4, 0.5) is 0 Å². The summed E-state index contributed by atoms with van der Waals surface area (Å²) >= 11 is 0. The van der Waals surface area contributed by atoms with Gasteiger partial charge in [0, 0.05) is 26.7 Å². The third-order valence-electron chi connectivity index (χ3n) is 3.46. The first-order valence-corrected chi connectivity index (χ1v) is 8.18. The monoisotopic (exact) mass is 432 g/mol. The molecule has 1 aromatic rings. The molecule has 0 fully saturated rings. The molecule has 0 unspecified atom stereocenters. The van der Waals surface area contributed by atoms with Gasteiger partial charge in [-0.25, -0.2) is 0 Å². The normalized spacial score (nSPS) is 11.5. The number of nitrogens with zero attached hydrogens (tertiary/aromatic N) is 2. The summed E-state index contributed by atoms with van der Waals surface area (Å²) in [4.78, 5) is 6.44. The lowest BCUT2D eigenvalue weighted by molar-refractivity contribution is 0.402. The molecule has 0 atom stereocenters. The molecule has 0 amide bonds. The third-order valence-corrected chi connectivity index (χ3v) is 3.46. The summed E-state index contributed by atoms with van der Waals surface area (Å²) in [6, 6.07) is 8.74. The first-order valence-electron chi connectivity index (χ1n) is 8.18. The van der Waals surface area contributed by atoms with E-state index in [9.17, 15) is 0 Å². The van der Waals surface area contributed by atoms with E-state index in [-0.39, 0.29) is 24.0 Å². The Labute approximate surface area is 159 Å². The van der Waals surface area contributed by atoms with Crippen LogP contribution in [0.2, 0.25) is 0 Å². The Morgan fingerprint density at radius 3 is 2.22 bits per heavy atom. The molecule has 0 spiro atoms. The number of guanidine groups is 1. The van der Waals surface area contributed by atoms with E-state index in [0.717, 1.165) is 31.5 Å². The van der Waals surface area contributed by atoms with Gasteiger partial charge in [-0.05, 0) is 44.0 Å². The summed E-state index contributed by atoms with van der Waals surface area (Å²) in [7, 11) is 5.99. The molecule has 5 heteroatoms. The molecule has 1 rings (SSSR count). The Hall–Kier alpha value is -0.820. The van der Waals surface area contributed by atoms with Gasteiger partial charge in [0.25, 0.3) is 0 Å². The maximum atomic E-state index is 4.26. The maximum absolute atomic E-state index is 4.26. The molecule has 0 aromatic heterocycles. The second kappa shape index (κ2) is 12.6. The molecule has 0 bridgehead atoms. The molecule has 2 N–H and O–H groups in total. The largest absolute Gasteiger partial charge is 0.356 e. The minimum atomic E-state index is 0. The minimum absolute atomic E-state index is 0. The summed E-state index contributed by atoms with van der Waals surface area (Å²) in [6.45, 7) is 7.26. The van der Waals surface area contributed by atoms with Gasteiger partial charge in [0.1, 0.15) is 0 Å². The first kappa shape index (κ1) is 22.2. The van der Waals surface area contributed by atoms with Crippen LogP contribution in [0.5, 0.6) is 0 Å². The van der Waals surface area contributed by atoms with E-state index >= 15 is 0 Å². The average molecular weight is 432 g/mol. The lowest BCUT2D eigenvalue weighted by Gasteiger charge is -2.13. The van der Waals surface area contributed by atoms with Crippen LogP contribution in [-0.2, 0) is 13.1 Å². The van der Waals surface area contributed by atoms with Crippen molar-refractivity contribution >= 4 is 29.9 Å². The van der Waals surface area contributed by atoms with Crippen LogP contribution in [0.25, 0.3) is 0 Å². The van der Waals surface area contributed by atoms with Gasteiger partial charge in [0.05, 0.1) is 0 Å². The molecular formula is C18H33IN4. The number of halogens is 1. The Kier molecular flexibility index (Phi) is 12.1. The van der Waals surface area contributed by atoms with Crippen LogP contribution in [0.15, 0.2) is 29.3 Å². The Morgan fingerprint density at radius 2 is 1.70 bits per heavy atom. The van der Waals surface area contributed by atoms with E-state index < -0.39 is 0 Å². The molecule has 23 heavy (non-hydrogen) atoms. The molecule has 0 aliphatic heterocycles. The van der Waals surface area contributed by atoms with Crippen molar-refractivity contribution in [2.45, 2.75) is 39.8 Å². The zero-order chi connectivity index (χ0) is 16.4. The topological polar surface area (TPSA) is 39.7 Å². The zero-order valence-corrected chi connectivity index (χ0v) is 17.6. The van der Waals surface area contributed by atoms with E-state index in [2.05, 4.69) is 72.7 Å². The fraction of sp³-hybridized carbons (Fsp3) is 0.611. The second-order valence-electron chi connectivity index (χ2n) is 6.44. The summed E-state index contributed by atoms with van der Waals surface area (Å²) in [5.74, 6) is 1.64. The van der Waals surface area contributed by atoms with E-state index in [4.69, 9.17) is 0 Å². The highest BCUT2D eigenvalue weighted by molar-refractivity contribution is 14.0. The van der Waals surface area contributed by atoms with Crippen molar-refractivity contribution in [3.05, 3.63) is 35.4 Å². The Balaban J connectivity index is 0.00000484. The number of rotatable bonds is 8. The maximum Gasteiger partial charge on any atom is 0.191 e. The molecule has 132 valence electrons. The highest BCUT2D eigenvalue weighted by Crippen LogP contribution is 2.06. The van der Waals surface area contributed by atoms with Crippen LogP contribution in [0.3, 0.4) is 0 Å². The summed E-state index contributed by atoms with van der Waals surface area (Å²) in [5.41, 5.74) is 2.61. The van der Waals surface area contributed by atoms with Crippen molar-refractivity contribution in [2.24, 2.45) is 10.9 Å². The van der Waals surface area contributed by atoms with Gasteiger partial charge in [-0.2, -0.15) is 0 Å². The third kappa shape index (κ3) is 10.5. The van der Waals surface area contributed by atoms with E-state index in [1.54, 1.807) is 0 Å². The molecule has 0 radical (unpaired) electrons. The number of aliphatic imine (C=N–C) groups is 1. The van der Waals surface area contributed by atoms with E-state index in [0.29, 0.717) is 0 Å². The van der Waals surface area contributed by atoms with Crippen LogP contribution in [-0.4, -0.2) is 38.5 Å². The predicted octanol–water partition coefficient (Wildman–Crippen LogP) is 3.47. The average Bonchev–Trinajstić information content (AvgIpc) is 2.47. The fourth-order valence-electron chi connectivity index (χ4n) is 2.25. The molecular weight excluding hydrogens is 399 g/mol. The van der Waals surface area contributed by atoms with Crippen LogP contribution >= 0.6 is 24.0 Å². The second-order valence-corrected chi connectivity index (χ2v) is 6.44. The predicted molar refractivity (Wildman–Crippen MR) is 112 cm³/mol. The zero-order valence-electron chi connectivity index (χ0n) is 15.2. The summed E-state index contributed by atoms with van der Waals surface area (Å²) in [5, 5.41) is 6.73. The van der Waals surface area contributed by atoms with Gasteiger partial charge >= 0.3 is 0 Å². The lowest BCUT2D eigenvalue weighted by atomic mass is 10.1. The van der Waals surface area contributed by atoms with Gasteiger partial charge < -0.3 is 15.5 Å². The standard InChI is InChI=1S/C18H32N4.HI/c1-15(2)7-6-12-20-18(19-3)21-13-16-8-10-17(11-9-16)14-22(4)5;/h8-11,15H,6-7,12-14H2,1-5H3,(H2,19,20,21);1H. The number of benzene rings is 1. The lowest BCUT2D eigenvalue weighted by Crippen LogP contribution is -2.37. The summed E-state index contributed by atoms with van der Waals surface area (Å²) < 4.78 is 0. The molecule has 0 saturated carbocycles. The van der Waals surface area contributed by atoms with Crippen LogP contribution in [0, 0.1) is 5.92 Å². The smallest absolute Gasteiger partial charge is 0.191 e. The van der Waals surface area contributed by atoms with E-state index in [1.165, 1.54) is 24.0 Å². The van der Waals surface area contributed by atoms with Gasteiger partial charge in [-0.15, -0.1) is 24.0 Å². The highest BCUT2D eigenvalue weighted by Gasteiger charge is 2.00. The SMILES string of the molecule is CN=C(NCCCC(C)C)NCc1ccc(CN(C)C)cc1.I. The summed E-state index contributed by atoms with van der Waals surface area (Å²) in [6.07, 6.45) is 2.43. The van der Waals surface area contributed by atoms with Crippen molar-refractivity contribution in [2.75, 3.05) is 27.7 Å². The number of hydrogen-bond donors (Lipinski definition) is 2. The quantitative estimate of drug-likeness (QED) is 0.286. The van der Waals surface area contributed by atoms with Crippen molar-refractivity contribution in [1.82, 2.24) is 15.5 Å². The van der Waals surface area contributed by atoms with Crippen molar-refractivity contribution in [3.8, 4) is 0 Å². The molecule has 0 saturated heterocycles. The molecule has 4 nitrogen and oxygen atoms in total. The minimum Gasteiger partial charge on any atom is -0.356 e. The van der Waals surface area contributed by atoms with Gasteiger partial charge in [-0.3, -0.25) is 4.99 Å². The van der Waals surface area contributed by atoms with Gasteiger partial charge in [0.15, 0.2) is 5.96 Å².